The molecule has 1 heterocycles. The molecule has 146 valence electrons. The SMILES string of the molecule is Cc1cccc(N2CCN(CC(=O)NCC3CCCCC3)CC2)c1C.[Cl-]. The Morgan fingerprint density at radius 3 is 2.46 bits per heavy atom. The first kappa shape index (κ1) is 21.0. The van der Waals surface area contributed by atoms with E-state index in [1.54, 1.807) is 0 Å². The maximum Gasteiger partial charge on any atom is 0.234 e. The summed E-state index contributed by atoms with van der Waals surface area (Å²) in [6.45, 7) is 9.73. The van der Waals surface area contributed by atoms with Crippen LogP contribution in [0, 0.1) is 19.8 Å². The molecule has 0 atom stereocenters. The summed E-state index contributed by atoms with van der Waals surface area (Å²) >= 11 is 0. The normalized spacial score (nSPS) is 19.1. The number of carbonyl (C=O) groups excluding carboxylic acids is 1. The van der Waals surface area contributed by atoms with E-state index >= 15 is 0 Å². The van der Waals surface area contributed by atoms with E-state index in [4.69, 9.17) is 0 Å². The number of carbonyl (C=O) groups is 1. The van der Waals surface area contributed by atoms with Gasteiger partial charge in [-0.1, -0.05) is 31.4 Å². The fourth-order valence-electron chi connectivity index (χ4n) is 4.13. The number of nitrogens with one attached hydrogen (secondary N) is 1. The highest BCUT2D eigenvalue weighted by molar-refractivity contribution is 5.78. The molecular formula is C21H33ClN3O-. The van der Waals surface area contributed by atoms with Gasteiger partial charge in [-0.2, -0.15) is 0 Å². The van der Waals surface area contributed by atoms with Gasteiger partial charge in [-0.05, 0) is 49.8 Å². The van der Waals surface area contributed by atoms with Crippen LogP contribution in [0.5, 0.6) is 0 Å². The third-order valence-corrected chi connectivity index (χ3v) is 5.97. The maximum atomic E-state index is 12.2. The van der Waals surface area contributed by atoms with Crippen molar-refractivity contribution in [2.75, 3.05) is 44.2 Å². The molecule has 1 aromatic rings. The van der Waals surface area contributed by atoms with Crippen molar-refractivity contribution in [3.63, 3.8) is 0 Å². The first-order valence-corrected chi connectivity index (χ1v) is 9.93. The second-order valence-electron chi connectivity index (χ2n) is 7.79. The smallest absolute Gasteiger partial charge is 0.234 e. The lowest BCUT2D eigenvalue weighted by molar-refractivity contribution is -0.122. The molecule has 3 rings (SSSR count). The van der Waals surface area contributed by atoms with Gasteiger partial charge in [0.15, 0.2) is 0 Å². The van der Waals surface area contributed by atoms with Crippen molar-refractivity contribution in [3.05, 3.63) is 29.3 Å². The van der Waals surface area contributed by atoms with Crippen molar-refractivity contribution in [2.24, 2.45) is 5.92 Å². The first-order chi connectivity index (χ1) is 12.1. The summed E-state index contributed by atoms with van der Waals surface area (Å²) < 4.78 is 0. The minimum absolute atomic E-state index is 0. The van der Waals surface area contributed by atoms with Crippen molar-refractivity contribution in [1.82, 2.24) is 10.2 Å². The van der Waals surface area contributed by atoms with Crippen molar-refractivity contribution >= 4 is 11.6 Å². The van der Waals surface area contributed by atoms with Crippen LogP contribution < -0.4 is 22.6 Å². The second kappa shape index (κ2) is 10.2. The van der Waals surface area contributed by atoms with Crippen molar-refractivity contribution in [1.29, 1.82) is 0 Å². The van der Waals surface area contributed by atoms with Crippen molar-refractivity contribution in [2.45, 2.75) is 46.0 Å². The lowest BCUT2D eigenvalue weighted by Crippen LogP contribution is -3.00. The Morgan fingerprint density at radius 1 is 1.08 bits per heavy atom. The molecule has 5 heteroatoms. The molecule has 1 saturated heterocycles. The number of aryl methyl sites for hydroxylation is 1. The van der Waals surface area contributed by atoms with Gasteiger partial charge in [-0.25, -0.2) is 0 Å². The molecule has 1 amide bonds. The highest BCUT2D eigenvalue weighted by Crippen LogP contribution is 2.24. The largest absolute Gasteiger partial charge is 1.00 e. The molecule has 0 bridgehead atoms. The number of hydrogen-bond acceptors (Lipinski definition) is 3. The van der Waals surface area contributed by atoms with Crippen LogP contribution in [-0.2, 0) is 4.79 Å². The fraction of sp³-hybridized carbons (Fsp3) is 0.667. The van der Waals surface area contributed by atoms with Crippen LogP contribution in [-0.4, -0.2) is 50.1 Å². The standard InChI is InChI=1S/C21H33N3O.ClH/c1-17-7-6-10-20(18(17)2)24-13-11-23(12-14-24)16-21(25)22-15-19-8-4-3-5-9-19;/h6-7,10,19H,3-5,8-9,11-16H2,1-2H3,(H,22,25);1H/p-1. The number of piperazine rings is 1. The van der Waals surface area contributed by atoms with Gasteiger partial charge >= 0.3 is 0 Å². The summed E-state index contributed by atoms with van der Waals surface area (Å²) in [6, 6.07) is 6.53. The number of rotatable bonds is 5. The zero-order valence-corrected chi connectivity index (χ0v) is 17.0. The van der Waals surface area contributed by atoms with Crippen molar-refractivity contribution < 1.29 is 17.2 Å². The van der Waals surface area contributed by atoms with Gasteiger partial charge < -0.3 is 22.6 Å². The summed E-state index contributed by atoms with van der Waals surface area (Å²) in [4.78, 5) is 17.0. The molecule has 0 radical (unpaired) electrons. The van der Waals surface area contributed by atoms with E-state index in [2.05, 4.69) is 47.2 Å². The molecular weight excluding hydrogens is 346 g/mol. The first-order valence-electron chi connectivity index (χ1n) is 9.93. The van der Waals surface area contributed by atoms with Gasteiger partial charge in [0.2, 0.25) is 5.91 Å². The second-order valence-corrected chi connectivity index (χ2v) is 7.79. The minimum atomic E-state index is 0. The maximum absolute atomic E-state index is 12.2. The van der Waals surface area contributed by atoms with E-state index in [-0.39, 0.29) is 18.3 Å². The molecule has 4 nitrogen and oxygen atoms in total. The number of halogens is 1. The van der Waals surface area contributed by atoms with Gasteiger partial charge in [0.1, 0.15) is 0 Å². The molecule has 1 aliphatic heterocycles. The van der Waals surface area contributed by atoms with E-state index in [1.807, 2.05) is 0 Å². The zero-order chi connectivity index (χ0) is 17.6. The number of hydrogen-bond donors (Lipinski definition) is 1. The fourth-order valence-corrected chi connectivity index (χ4v) is 4.13. The molecule has 2 fully saturated rings. The molecule has 2 aliphatic rings. The van der Waals surface area contributed by atoms with Crippen LogP contribution >= 0.6 is 0 Å². The average Bonchev–Trinajstić information content (AvgIpc) is 2.64. The molecule has 0 unspecified atom stereocenters. The summed E-state index contributed by atoms with van der Waals surface area (Å²) in [5, 5.41) is 3.16. The van der Waals surface area contributed by atoms with Crippen LogP contribution in [0.4, 0.5) is 5.69 Å². The Bertz CT molecular complexity index is 579. The minimum Gasteiger partial charge on any atom is -1.00 e. The van der Waals surface area contributed by atoms with Gasteiger partial charge in [0.05, 0.1) is 6.54 Å². The number of nitrogens with zero attached hydrogens (tertiary/aromatic N) is 2. The van der Waals surface area contributed by atoms with Gasteiger partial charge in [-0.15, -0.1) is 0 Å². The van der Waals surface area contributed by atoms with Gasteiger partial charge in [0.25, 0.3) is 0 Å². The quantitative estimate of drug-likeness (QED) is 0.791. The van der Waals surface area contributed by atoms with Crippen LogP contribution in [0.25, 0.3) is 0 Å². The molecule has 0 aromatic heterocycles. The lowest BCUT2D eigenvalue weighted by Gasteiger charge is -2.36. The molecule has 1 N–H and O–H groups in total. The summed E-state index contributed by atoms with van der Waals surface area (Å²) in [5.74, 6) is 0.907. The number of anilines is 1. The Labute approximate surface area is 164 Å². The number of amides is 1. The Balaban J connectivity index is 0.00000243. The lowest BCUT2D eigenvalue weighted by atomic mass is 9.89. The van der Waals surface area contributed by atoms with E-state index in [0.717, 1.165) is 32.7 Å². The highest BCUT2D eigenvalue weighted by atomic mass is 35.5. The van der Waals surface area contributed by atoms with E-state index in [9.17, 15) is 4.79 Å². The van der Waals surface area contributed by atoms with Crippen LogP contribution in [0.15, 0.2) is 18.2 Å². The third kappa shape index (κ3) is 5.62. The summed E-state index contributed by atoms with van der Waals surface area (Å²) in [5.41, 5.74) is 4.07. The topological polar surface area (TPSA) is 35.6 Å². The predicted molar refractivity (Wildman–Crippen MR) is 104 cm³/mol. The monoisotopic (exact) mass is 378 g/mol. The van der Waals surface area contributed by atoms with Crippen LogP contribution in [0.3, 0.4) is 0 Å². The Morgan fingerprint density at radius 2 is 1.77 bits per heavy atom. The predicted octanol–water partition coefficient (Wildman–Crippen LogP) is 0.126. The summed E-state index contributed by atoms with van der Waals surface area (Å²) in [7, 11) is 0. The van der Waals surface area contributed by atoms with E-state index < -0.39 is 0 Å². The Hall–Kier alpha value is -1.26. The van der Waals surface area contributed by atoms with Crippen molar-refractivity contribution in [3.8, 4) is 0 Å². The Kier molecular flexibility index (Phi) is 8.23. The average molecular weight is 379 g/mol. The molecule has 26 heavy (non-hydrogen) atoms. The van der Waals surface area contributed by atoms with E-state index in [0.29, 0.717) is 12.5 Å². The summed E-state index contributed by atoms with van der Waals surface area (Å²) in [6.07, 6.45) is 6.61. The van der Waals surface area contributed by atoms with Gasteiger partial charge in [0, 0.05) is 38.4 Å². The van der Waals surface area contributed by atoms with Gasteiger partial charge in [-0.3, -0.25) is 9.69 Å². The van der Waals surface area contributed by atoms with E-state index in [1.165, 1.54) is 48.9 Å². The number of benzene rings is 1. The molecule has 1 aromatic carbocycles. The molecule has 1 aliphatic carbocycles. The molecule has 1 saturated carbocycles. The highest BCUT2D eigenvalue weighted by Gasteiger charge is 2.21. The molecule has 0 spiro atoms. The third-order valence-electron chi connectivity index (χ3n) is 5.97. The zero-order valence-electron chi connectivity index (χ0n) is 16.3. The van der Waals surface area contributed by atoms with Crippen LogP contribution in [0.1, 0.15) is 43.2 Å². The van der Waals surface area contributed by atoms with Crippen LogP contribution in [0.2, 0.25) is 0 Å².